The second-order valence-corrected chi connectivity index (χ2v) is 7.67. The van der Waals surface area contributed by atoms with Crippen LogP contribution < -0.4 is 10.6 Å². The maximum atomic E-state index is 12.2. The Kier molecular flexibility index (Phi) is 3.96. The third-order valence-electron chi connectivity index (χ3n) is 4.16. The van der Waals surface area contributed by atoms with E-state index < -0.39 is 15.4 Å². The van der Waals surface area contributed by atoms with Crippen LogP contribution in [0.4, 0.5) is 0 Å². The normalized spacial score (nSPS) is 34.6. The van der Waals surface area contributed by atoms with Crippen LogP contribution in [0.1, 0.15) is 32.6 Å². The molecule has 0 saturated carbocycles. The van der Waals surface area contributed by atoms with Crippen molar-refractivity contribution in [1.29, 1.82) is 0 Å². The lowest BCUT2D eigenvalue weighted by molar-refractivity contribution is -0.127. The topological polar surface area (TPSA) is 75.3 Å². The minimum absolute atomic E-state index is 0.0341. The lowest BCUT2D eigenvalue weighted by Gasteiger charge is -2.27. The molecular formula is C12H22N2O3S. The van der Waals surface area contributed by atoms with Gasteiger partial charge in [-0.2, -0.15) is 0 Å². The van der Waals surface area contributed by atoms with Gasteiger partial charge in [0.1, 0.15) is 0 Å². The minimum Gasteiger partial charge on any atom is -0.354 e. The second kappa shape index (κ2) is 5.17. The second-order valence-electron chi connectivity index (χ2n) is 5.45. The summed E-state index contributed by atoms with van der Waals surface area (Å²) in [6.07, 6.45) is 3.36. The zero-order chi connectivity index (χ0) is 13.2. The van der Waals surface area contributed by atoms with Gasteiger partial charge in [-0.1, -0.05) is 6.92 Å². The highest BCUT2D eigenvalue weighted by atomic mass is 32.2. The van der Waals surface area contributed by atoms with Crippen LogP contribution in [0, 0.1) is 5.92 Å². The van der Waals surface area contributed by atoms with Gasteiger partial charge in [0.15, 0.2) is 9.84 Å². The Hall–Kier alpha value is -0.620. The van der Waals surface area contributed by atoms with Gasteiger partial charge in [0.2, 0.25) is 5.91 Å². The standard InChI is InChI=1S/C12H22N2O3S/c1-2-12(5-3-6-14-12)11(15)13-8-10-4-7-18(16,17)9-10/h10,14H,2-9H2,1H3,(H,13,15). The van der Waals surface area contributed by atoms with Crippen LogP contribution in [0.5, 0.6) is 0 Å². The first kappa shape index (κ1) is 13.8. The quantitative estimate of drug-likeness (QED) is 0.761. The summed E-state index contributed by atoms with van der Waals surface area (Å²) in [5.41, 5.74) is -0.419. The summed E-state index contributed by atoms with van der Waals surface area (Å²) in [6.45, 7) is 3.39. The van der Waals surface area contributed by atoms with Gasteiger partial charge in [-0.3, -0.25) is 4.79 Å². The Balaban J connectivity index is 1.85. The number of hydrogen-bond donors (Lipinski definition) is 2. The maximum Gasteiger partial charge on any atom is 0.240 e. The molecule has 2 N–H and O–H groups in total. The average Bonchev–Trinajstić information content (AvgIpc) is 2.93. The highest BCUT2D eigenvalue weighted by Crippen LogP contribution is 2.23. The lowest BCUT2D eigenvalue weighted by Crippen LogP contribution is -2.53. The molecule has 2 rings (SSSR count). The summed E-state index contributed by atoms with van der Waals surface area (Å²) in [4.78, 5) is 12.2. The first-order valence-corrected chi connectivity index (χ1v) is 8.53. The van der Waals surface area contributed by atoms with Crippen LogP contribution in [0.25, 0.3) is 0 Å². The molecule has 2 fully saturated rings. The molecule has 0 aromatic heterocycles. The van der Waals surface area contributed by atoms with Gasteiger partial charge in [-0.25, -0.2) is 8.42 Å². The minimum atomic E-state index is -2.85. The third-order valence-corrected chi connectivity index (χ3v) is 6.00. The molecule has 0 spiro atoms. The van der Waals surface area contributed by atoms with E-state index in [1.807, 2.05) is 6.92 Å². The molecule has 2 aliphatic rings. The Labute approximate surface area is 109 Å². The van der Waals surface area contributed by atoms with Crippen molar-refractivity contribution in [2.75, 3.05) is 24.6 Å². The summed E-state index contributed by atoms with van der Waals surface area (Å²) in [7, 11) is -2.85. The largest absolute Gasteiger partial charge is 0.354 e. The number of nitrogens with one attached hydrogen (secondary N) is 2. The van der Waals surface area contributed by atoms with E-state index in [1.165, 1.54) is 0 Å². The fraction of sp³-hybridized carbons (Fsp3) is 0.917. The zero-order valence-electron chi connectivity index (χ0n) is 10.9. The summed E-state index contributed by atoms with van der Waals surface area (Å²) in [5.74, 6) is 0.617. The number of carbonyl (C=O) groups is 1. The van der Waals surface area contributed by atoms with Crippen molar-refractivity contribution in [3.8, 4) is 0 Å². The molecule has 104 valence electrons. The summed E-state index contributed by atoms with van der Waals surface area (Å²) in [6, 6.07) is 0. The SMILES string of the molecule is CCC1(C(=O)NCC2CCS(=O)(=O)C2)CCCN1. The number of carbonyl (C=O) groups excluding carboxylic acids is 1. The van der Waals surface area contributed by atoms with Crippen LogP contribution in [0.3, 0.4) is 0 Å². The molecule has 2 unspecified atom stereocenters. The molecule has 0 radical (unpaired) electrons. The molecule has 1 amide bonds. The summed E-state index contributed by atoms with van der Waals surface area (Å²) < 4.78 is 22.7. The predicted molar refractivity (Wildman–Crippen MR) is 70.0 cm³/mol. The van der Waals surface area contributed by atoms with E-state index in [-0.39, 0.29) is 23.3 Å². The number of hydrogen-bond acceptors (Lipinski definition) is 4. The zero-order valence-corrected chi connectivity index (χ0v) is 11.7. The highest BCUT2D eigenvalue weighted by molar-refractivity contribution is 7.91. The molecule has 0 aromatic rings. The van der Waals surface area contributed by atoms with Gasteiger partial charge in [-0.15, -0.1) is 0 Å². The van der Waals surface area contributed by atoms with Crippen molar-refractivity contribution in [2.24, 2.45) is 5.92 Å². The van der Waals surface area contributed by atoms with Crippen molar-refractivity contribution >= 4 is 15.7 Å². The molecule has 0 aliphatic carbocycles. The highest BCUT2D eigenvalue weighted by Gasteiger charge is 2.39. The molecule has 2 atom stereocenters. The van der Waals surface area contributed by atoms with Gasteiger partial charge < -0.3 is 10.6 Å². The first-order chi connectivity index (χ1) is 8.47. The van der Waals surface area contributed by atoms with E-state index in [4.69, 9.17) is 0 Å². The van der Waals surface area contributed by atoms with E-state index in [9.17, 15) is 13.2 Å². The van der Waals surface area contributed by atoms with Gasteiger partial charge in [-0.05, 0) is 38.1 Å². The van der Waals surface area contributed by atoms with E-state index in [0.717, 1.165) is 25.8 Å². The van der Waals surface area contributed by atoms with Crippen molar-refractivity contribution in [2.45, 2.75) is 38.1 Å². The molecule has 18 heavy (non-hydrogen) atoms. The van der Waals surface area contributed by atoms with Crippen LogP contribution in [-0.2, 0) is 14.6 Å². The van der Waals surface area contributed by atoms with E-state index in [0.29, 0.717) is 13.0 Å². The van der Waals surface area contributed by atoms with Crippen LogP contribution in [-0.4, -0.2) is 44.5 Å². The Morgan fingerprint density at radius 1 is 1.50 bits per heavy atom. The van der Waals surface area contributed by atoms with E-state index in [2.05, 4.69) is 10.6 Å². The monoisotopic (exact) mass is 274 g/mol. The molecule has 6 heteroatoms. The summed E-state index contributed by atoms with van der Waals surface area (Å²) in [5, 5.41) is 6.21. The van der Waals surface area contributed by atoms with Crippen molar-refractivity contribution in [3.63, 3.8) is 0 Å². The summed E-state index contributed by atoms with van der Waals surface area (Å²) >= 11 is 0. The molecule has 2 aliphatic heterocycles. The third kappa shape index (κ3) is 2.85. The van der Waals surface area contributed by atoms with Crippen LogP contribution in [0.15, 0.2) is 0 Å². The smallest absolute Gasteiger partial charge is 0.240 e. The number of amides is 1. The Bertz CT molecular complexity index is 413. The van der Waals surface area contributed by atoms with Crippen LogP contribution >= 0.6 is 0 Å². The fourth-order valence-corrected chi connectivity index (χ4v) is 4.76. The Morgan fingerprint density at radius 3 is 2.78 bits per heavy atom. The van der Waals surface area contributed by atoms with E-state index in [1.54, 1.807) is 0 Å². The molecular weight excluding hydrogens is 252 g/mol. The molecule has 2 heterocycles. The van der Waals surface area contributed by atoms with Gasteiger partial charge in [0, 0.05) is 6.54 Å². The maximum absolute atomic E-state index is 12.2. The lowest BCUT2D eigenvalue weighted by atomic mass is 9.93. The van der Waals surface area contributed by atoms with Crippen molar-refractivity contribution in [1.82, 2.24) is 10.6 Å². The van der Waals surface area contributed by atoms with Gasteiger partial charge in [0.05, 0.1) is 17.0 Å². The van der Waals surface area contributed by atoms with Crippen molar-refractivity contribution < 1.29 is 13.2 Å². The predicted octanol–water partition coefficient (Wildman–Crippen LogP) is 0.0695. The number of rotatable bonds is 4. The van der Waals surface area contributed by atoms with Crippen LogP contribution in [0.2, 0.25) is 0 Å². The average molecular weight is 274 g/mol. The first-order valence-electron chi connectivity index (χ1n) is 6.71. The molecule has 0 bridgehead atoms. The fourth-order valence-electron chi connectivity index (χ4n) is 2.90. The van der Waals surface area contributed by atoms with Gasteiger partial charge >= 0.3 is 0 Å². The molecule has 0 aromatic carbocycles. The number of sulfone groups is 1. The van der Waals surface area contributed by atoms with Crippen molar-refractivity contribution in [3.05, 3.63) is 0 Å². The van der Waals surface area contributed by atoms with E-state index >= 15 is 0 Å². The molecule has 5 nitrogen and oxygen atoms in total. The molecule has 2 saturated heterocycles. The Morgan fingerprint density at radius 2 is 2.28 bits per heavy atom. The van der Waals surface area contributed by atoms with Gasteiger partial charge in [0.25, 0.3) is 0 Å².